The Morgan fingerprint density at radius 1 is 1.21 bits per heavy atom. The lowest BCUT2D eigenvalue weighted by Crippen LogP contribution is -2.42. The van der Waals surface area contributed by atoms with Crippen LogP contribution in [0, 0.1) is 0 Å². The fourth-order valence-corrected chi connectivity index (χ4v) is 5.60. The van der Waals surface area contributed by atoms with Gasteiger partial charge in [0.15, 0.2) is 0 Å². The van der Waals surface area contributed by atoms with E-state index in [1.54, 1.807) is 10.4 Å². The zero-order valence-corrected chi connectivity index (χ0v) is 13.3. The van der Waals surface area contributed by atoms with Crippen molar-refractivity contribution in [2.75, 3.05) is 12.7 Å². The number of nitrogens with one attached hydrogen (secondary N) is 1. The van der Waals surface area contributed by atoms with Gasteiger partial charge in [0.05, 0.1) is 0 Å². The molecule has 0 aliphatic heterocycles. The van der Waals surface area contributed by atoms with Crippen molar-refractivity contribution >= 4 is 14.0 Å². The van der Waals surface area contributed by atoms with Crippen molar-refractivity contribution in [1.82, 2.24) is 5.32 Å². The molecule has 1 aromatic rings. The van der Waals surface area contributed by atoms with Crippen LogP contribution in [0.3, 0.4) is 0 Å². The van der Waals surface area contributed by atoms with Crippen LogP contribution in [0.1, 0.15) is 33.1 Å². The van der Waals surface area contributed by atoms with Gasteiger partial charge in [-0.1, -0.05) is 71.8 Å². The lowest BCUT2D eigenvalue weighted by atomic mass is 10.3. The molecular weight excluding hydrogens is 246 g/mol. The van der Waals surface area contributed by atoms with Gasteiger partial charge in [0, 0.05) is 0 Å². The van der Waals surface area contributed by atoms with E-state index in [0.717, 1.165) is 6.54 Å². The van der Waals surface area contributed by atoms with Crippen LogP contribution in [-0.2, 0) is 0 Å². The number of allylic oxidation sites excluding steroid dienone is 4. The predicted octanol–water partition coefficient (Wildman–Crippen LogP) is 2.87. The van der Waals surface area contributed by atoms with Gasteiger partial charge in [-0.05, 0) is 32.5 Å². The fourth-order valence-electron chi connectivity index (χ4n) is 2.63. The highest BCUT2D eigenvalue weighted by Crippen LogP contribution is 2.19. The second-order valence-electron chi connectivity index (χ2n) is 5.39. The summed E-state index contributed by atoms with van der Waals surface area (Å²) in [4.78, 5) is 0. The molecule has 1 aliphatic rings. The Morgan fingerprint density at radius 3 is 2.63 bits per heavy atom. The molecule has 0 aromatic heterocycles. The standard InChI is InChI=1S/C17H25NSi/c1-3-4-12-18-14-19(16-8-6-5-7-9-16)17-11-10-15(2)13-17/h5-10,13,18-19H,3-4,11-12,14H2,1-2H3. The van der Waals surface area contributed by atoms with Crippen molar-refractivity contribution in [2.45, 2.75) is 33.1 Å². The van der Waals surface area contributed by atoms with E-state index < -0.39 is 8.80 Å². The molecular formula is C17H25NSi. The van der Waals surface area contributed by atoms with Crippen LogP contribution in [0.2, 0.25) is 0 Å². The summed E-state index contributed by atoms with van der Waals surface area (Å²) in [6.07, 6.45) is 9.71. The molecule has 0 spiro atoms. The first-order valence-corrected chi connectivity index (χ1v) is 9.41. The monoisotopic (exact) mass is 271 g/mol. The summed E-state index contributed by atoms with van der Waals surface area (Å²) < 4.78 is 0. The predicted molar refractivity (Wildman–Crippen MR) is 87.5 cm³/mol. The van der Waals surface area contributed by atoms with Gasteiger partial charge in [-0.2, -0.15) is 0 Å². The minimum absolute atomic E-state index is 1.03. The smallest absolute Gasteiger partial charge is 0.112 e. The molecule has 1 unspecified atom stereocenters. The molecule has 0 bridgehead atoms. The van der Waals surface area contributed by atoms with Crippen molar-refractivity contribution in [3.63, 3.8) is 0 Å². The van der Waals surface area contributed by atoms with E-state index >= 15 is 0 Å². The maximum atomic E-state index is 3.67. The third-order valence-corrected chi connectivity index (χ3v) is 6.96. The number of rotatable bonds is 7. The summed E-state index contributed by atoms with van der Waals surface area (Å²) in [5, 5.41) is 6.93. The zero-order chi connectivity index (χ0) is 13.5. The van der Waals surface area contributed by atoms with E-state index in [1.165, 1.54) is 31.0 Å². The molecule has 0 fully saturated rings. The Kier molecular flexibility index (Phi) is 5.61. The molecule has 0 saturated heterocycles. The highest BCUT2D eigenvalue weighted by atomic mass is 28.3. The zero-order valence-electron chi connectivity index (χ0n) is 12.2. The van der Waals surface area contributed by atoms with E-state index in [0.29, 0.717) is 0 Å². The molecule has 1 N–H and O–H groups in total. The quantitative estimate of drug-likeness (QED) is 0.594. The Bertz CT molecular complexity index is 448. The molecule has 19 heavy (non-hydrogen) atoms. The number of unbranched alkanes of at least 4 members (excludes halogenated alkanes) is 1. The van der Waals surface area contributed by atoms with Crippen molar-refractivity contribution in [1.29, 1.82) is 0 Å². The second-order valence-corrected chi connectivity index (χ2v) is 8.31. The van der Waals surface area contributed by atoms with Gasteiger partial charge < -0.3 is 5.32 Å². The van der Waals surface area contributed by atoms with E-state index in [-0.39, 0.29) is 0 Å². The number of benzene rings is 1. The molecule has 0 radical (unpaired) electrons. The Morgan fingerprint density at radius 2 is 2.00 bits per heavy atom. The van der Waals surface area contributed by atoms with Crippen LogP contribution in [0.5, 0.6) is 0 Å². The maximum absolute atomic E-state index is 3.67. The van der Waals surface area contributed by atoms with Crippen molar-refractivity contribution in [3.05, 3.63) is 53.3 Å². The first-order chi connectivity index (χ1) is 9.31. The minimum Gasteiger partial charge on any atom is -0.319 e. The van der Waals surface area contributed by atoms with Crippen molar-refractivity contribution in [2.24, 2.45) is 0 Å². The van der Waals surface area contributed by atoms with Crippen LogP contribution < -0.4 is 10.5 Å². The van der Waals surface area contributed by atoms with Crippen LogP contribution in [-0.4, -0.2) is 21.5 Å². The summed E-state index contributed by atoms with van der Waals surface area (Å²) in [7, 11) is -1.03. The van der Waals surface area contributed by atoms with Crippen LogP contribution in [0.15, 0.2) is 53.3 Å². The molecule has 1 nitrogen and oxygen atoms in total. The average molecular weight is 271 g/mol. The summed E-state index contributed by atoms with van der Waals surface area (Å²) in [5.74, 6) is 0. The molecule has 1 aliphatic carbocycles. The normalized spacial score (nSPS) is 16.1. The highest BCUT2D eigenvalue weighted by molar-refractivity contribution is 6.80. The van der Waals surface area contributed by atoms with Crippen LogP contribution in [0.4, 0.5) is 0 Å². The van der Waals surface area contributed by atoms with E-state index in [1.807, 2.05) is 0 Å². The molecule has 0 saturated carbocycles. The Balaban J connectivity index is 2.04. The third kappa shape index (κ3) is 4.18. The molecule has 2 heteroatoms. The summed E-state index contributed by atoms with van der Waals surface area (Å²) >= 11 is 0. The first kappa shape index (κ1) is 14.3. The van der Waals surface area contributed by atoms with Gasteiger partial charge in [0.2, 0.25) is 0 Å². The number of hydrogen-bond acceptors (Lipinski definition) is 1. The molecule has 1 aromatic carbocycles. The van der Waals surface area contributed by atoms with Gasteiger partial charge in [0.25, 0.3) is 0 Å². The average Bonchev–Trinajstić information content (AvgIpc) is 2.86. The molecule has 0 amide bonds. The van der Waals surface area contributed by atoms with Gasteiger partial charge in [-0.3, -0.25) is 0 Å². The topological polar surface area (TPSA) is 12.0 Å². The van der Waals surface area contributed by atoms with Crippen molar-refractivity contribution in [3.8, 4) is 0 Å². The van der Waals surface area contributed by atoms with Crippen LogP contribution in [0.25, 0.3) is 0 Å². The molecule has 2 rings (SSSR count). The van der Waals surface area contributed by atoms with E-state index in [4.69, 9.17) is 0 Å². The van der Waals surface area contributed by atoms with Crippen LogP contribution >= 0.6 is 0 Å². The lowest BCUT2D eigenvalue weighted by Gasteiger charge is -2.18. The van der Waals surface area contributed by atoms with Gasteiger partial charge in [-0.25, -0.2) is 0 Å². The molecule has 0 heterocycles. The Hall–Kier alpha value is -1.12. The minimum atomic E-state index is -1.03. The summed E-state index contributed by atoms with van der Waals surface area (Å²) in [5.41, 5.74) is 1.44. The lowest BCUT2D eigenvalue weighted by molar-refractivity contribution is 0.694. The van der Waals surface area contributed by atoms with Gasteiger partial charge in [-0.15, -0.1) is 0 Å². The summed E-state index contributed by atoms with van der Waals surface area (Å²) in [6.45, 7) is 5.63. The fraction of sp³-hybridized carbons (Fsp3) is 0.412. The third-order valence-electron chi connectivity index (χ3n) is 3.78. The van der Waals surface area contributed by atoms with Gasteiger partial charge in [0.1, 0.15) is 8.80 Å². The SMILES string of the molecule is CCCCNC[SiH](C1=CC(C)=CC1)c1ccccc1. The largest absolute Gasteiger partial charge is 0.319 e. The molecule has 102 valence electrons. The second kappa shape index (κ2) is 7.46. The first-order valence-electron chi connectivity index (χ1n) is 7.44. The Labute approximate surface area is 119 Å². The van der Waals surface area contributed by atoms with E-state index in [9.17, 15) is 0 Å². The maximum Gasteiger partial charge on any atom is 0.112 e. The van der Waals surface area contributed by atoms with Gasteiger partial charge >= 0.3 is 0 Å². The highest BCUT2D eigenvalue weighted by Gasteiger charge is 2.19. The van der Waals surface area contributed by atoms with Crippen molar-refractivity contribution < 1.29 is 0 Å². The number of hydrogen-bond donors (Lipinski definition) is 1. The summed E-state index contributed by atoms with van der Waals surface area (Å²) in [6, 6.07) is 11.1. The van der Waals surface area contributed by atoms with E-state index in [2.05, 4.69) is 61.6 Å². The molecule has 1 atom stereocenters.